The molecule has 1 N–H and O–H groups in total. The zero-order valence-electron chi connectivity index (χ0n) is 14.5. The SMILES string of the molecule is C[C@@H]1CCc2sc(C(=O)OCC(=O)Nc3ccc(Cl)cc3[N+](=O)[O-])cc2C1. The number of rotatable bonds is 5. The van der Waals surface area contributed by atoms with Crippen LogP contribution in [-0.2, 0) is 22.4 Å². The van der Waals surface area contributed by atoms with Gasteiger partial charge < -0.3 is 10.1 Å². The van der Waals surface area contributed by atoms with Crippen LogP contribution in [0.5, 0.6) is 0 Å². The number of esters is 1. The first-order valence-electron chi connectivity index (χ1n) is 8.36. The lowest BCUT2D eigenvalue weighted by Gasteiger charge is -2.16. The van der Waals surface area contributed by atoms with Crippen LogP contribution in [0.4, 0.5) is 11.4 Å². The molecule has 0 radical (unpaired) electrons. The van der Waals surface area contributed by atoms with Gasteiger partial charge in [-0.25, -0.2) is 4.79 Å². The molecule has 0 spiro atoms. The summed E-state index contributed by atoms with van der Waals surface area (Å²) in [5.41, 5.74) is 0.834. The van der Waals surface area contributed by atoms with Crippen molar-refractivity contribution in [2.45, 2.75) is 26.2 Å². The molecule has 0 bridgehead atoms. The lowest BCUT2D eigenvalue weighted by Crippen LogP contribution is -2.21. The molecular formula is C18H17ClN2O5S. The standard InChI is InChI=1S/C18H17ClN2O5S/c1-10-2-5-15-11(6-10)7-16(27-15)18(23)26-9-17(22)20-13-4-3-12(19)8-14(13)21(24)25/h3-4,7-8,10H,2,5-6,9H2,1H3,(H,20,22)/t10-/m1/s1. The maximum absolute atomic E-state index is 12.2. The summed E-state index contributed by atoms with van der Waals surface area (Å²) in [5, 5.41) is 13.6. The minimum absolute atomic E-state index is 0.00831. The molecule has 0 unspecified atom stereocenters. The number of carbonyl (C=O) groups excluding carboxylic acids is 2. The third-order valence-electron chi connectivity index (χ3n) is 4.30. The summed E-state index contributed by atoms with van der Waals surface area (Å²) in [7, 11) is 0. The van der Waals surface area contributed by atoms with Gasteiger partial charge in [0, 0.05) is 16.0 Å². The highest BCUT2D eigenvalue weighted by atomic mass is 35.5. The number of nitrogens with zero attached hydrogens (tertiary/aromatic N) is 1. The van der Waals surface area contributed by atoms with Crippen LogP contribution < -0.4 is 5.32 Å². The van der Waals surface area contributed by atoms with Crippen molar-refractivity contribution in [3.63, 3.8) is 0 Å². The predicted molar refractivity (Wildman–Crippen MR) is 103 cm³/mol. The van der Waals surface area contributed by atoms with E-state index in [0.29, 0.717) is 10.8 Å². The molecule has 142 valence electrons. The minimum Gasteiger partial charge on any atom is -0.451 e. The highest BCUT2D eigenvalue weighted by Crippen LogP contribution is 2.32. The number of nitrogens with one attached hydrogen (secondary N) is 1. The number of ether oxygens (including phenoxy) is 1. The molecule has 1 atom stereocenters. The van der Waals surface area contributed by atoms with Crippen LogP contribution in [0.15, 0.2) is 24.3 Å². The molecule has 9 heteroatoms. The zero-order chi connectivity index (χ0) is 19.6. The number of hydrogen-bond donors (Lipinski definition) is 1. The lowest BCUT2D eigenvalue weighted by atomic mass is 9.90. The van der Waals surface area contributed by atoms with Crippen LogP contribution in [-0.4, -0.2) is 23.4 Å². The van der Waals surface area contributed by atoms with E-state index >= 15 is 0 Å². The van der Waals surface area contributed by atoms with Gasteiger partial charge in [-0.3, -0.25) is 14.9 Å². The second-order valence-electron chi connectivity index (χ2n) is 6.45. The maximum atomic E-state index is 12.2. The fourth-order valence-corrected chi connectivity index (χ4v) is 4.22. The Bertz CT molecular complexity index is 911. The fourth-order valence-electron chi connectivity index (χ4n) is 2.96. The summed E-state index contributed by atoms with van der Waals surface area (Å²) in [6.45, 7) is 1.65. The van der Waals surface area contributed by atoms with Gasteiger partial charge in [-0.05, 0) is 48.9 Å². The molecule has 2 aromatic rings. The van der Waals surface area contributed by atoms with Crippen LogP contribution in [0.3, 0.4) is 0 Å². The molecule has 27 heavy (non-hydrogen) atoms. The fraction of sp³-hybridized carbons (Fsp3) is 0.333. The Labute approximate surface area is 164 Å². The molecule has 1 aromatic heterocycles. The average Bonchev–Trinajstić information content (AvgIpc) is 3.04. The molecule has 1 heterocycles. The van der Waals surface area contributed by atoms with Crippen LogP contribution >= 0.6 is 22.9 Å². The number of thiophene rings is 1. The molecule has 1 amide bonds. The maximum Gasteiger partial charge on any atom is 0.348 e. The Morgan fingerprint density at radius 2 is 2.19 bits per heavy atom. The van der Waals surface area contributed by atoms with Gasteiger partial charge in [0.05, 0.1) is 4.92 Å². The second-order valence-corrected chi connectivity index (χ2v) is 8.02. The van der Waals surface area contributed by atoms with Crippen molar-refractivity contribution < 1.29 is 19.2 Å². The molecule has 0 saturated carbocycles. The van der Waals surface area contributed by atoms with E-state index in [2.05, 4.69) is 12.2 Å². The van der Waals surface area contributed by atoms with Gasteiger partial charge in [-0.15, -0.1) is 11.3 Å². The number of amides is 1. The highest BCUT2D eigenvalue weighted by molar-refractivity contribution is 7.14. The molecule has 0 aliphatic heterocycles. The predicted octanol–water partition coefficient (Wildman–Crippen LogP) is 4.23. The van der Waals surface area contributed by atoms with Gasteiger partial charge >= 0.3 is 5.97 Å². The van der Waals surface area contributed by atoms with Crippen molar-refractivity contribution in [2.75, 3.05) is 11.9 Å². The Morgan fingerprint density at radius 1 is 1.41 bits per heavy atom. The van der Waals surface area contributed by atoms with Gasteiger partial charge in [0.25, 0.3) is 11.6 Å². The van der Waals surface area contributed by atoms with Crippen LogP contribution in [0.25, 0.3) is 0 Å². The Morgan fingerprint density at radius 3 is 2.93 bits per heavy atom. The van der Waals surface area contributed by atoms with E-state index < -0.39 is 23.4 Å². The number of fused-ring (bicyclic) bond motifs is 1. The number of nitro benzene ring substituents is 1. The van der Waals surface area contributed by atoms with E-state index in [1.54, 1.807) is 0 Å². The summed E-state index contributed by atoms with van der Waals surface area (Å²) in [5.74, 6) is -0.636. The van der Waals surface area contributed by atoms with E-state index in [4.69, 9.17) is 16.3 Å². The number of nitro groups is 1. The largest absolute Gasteiger partial charge is 0.451 e. The smallest absolute Gasteiger partial charge is 0.348 e. The minimum atomic E-state index is -0.663. The van der Waals surface area contributed by atoms with E-state index in [1.807, 2.05) is 6.07 Å². The van der Waals surface area contributed by atoms with Gasteiger partial charge in [-0.1, -0.05) is 18.5 Å². The van der Waals surface area contributed by atoms with Crippen LogP contribution in [0.2, 0.25) is 5.02 Å². The number of anilines is 1. The van der Waals surface area contributed by atoms with Crippen molar-refractivity contribution in [1.82, 2.24) is 0 Å². The van der Waals surface area contributed by atoms with Crippen molar-refractivity contribution in [2.24, 2.45) is 5.92 Å². The lowest BCUT2D eigenvalue weighted by molar-refractivity contribution is -0.383. The van der Waals surface area contributed by atoms with E-state index in [-0.39, 0.29) is 16.4 Å². The van der Waals surface area contributed by atoms with Crippen LogP contribution in [0, 0.1) is 16.0 Å². The monoisotopic (exact) mass is 408 g/mol. The first-order valence-corrected chi connectivity index (χ1v) is 9.55. The average molecular weight is 409 g/mol. The van der Waals surface area contributed by atoms with Gasteiger partial charge in [0.1, 0.15) is 10.6 Å². The van der Waals surface area contributed by atoms with Gasteiger partial charge in [0.15, 0.2) is 6.61 Å². The molecule has 1 aromatic carbocycles. The third kappa shape index (κ3) is 4.64. The normalized spacial score (nSPS) is 15.7. The summed E-state index contributed by atoms with van der Waals surface area (Å²) in [6, 6.07) is 5.72. The van der Waals surface area contributed by atoms with Gasteiger partial charge in [-0.2, -0.15) is 0 Å². The number of carbonyl (C=O) groups is 2. The Kier molecular flexibility index (Phi) is 5.76. The highest BCUT2D eigenvalue weighted by Gasteiger charge is 2.22. The molecule has 0 fully saturated rings. The van der Waals surface area contributed by atoms with Crippen molar-refractivity contribution in [3.8, 4) is 0 Å². The molecular weight excluding hydrogens is 392 g/mol. The Hall–Kier alpha value is -2.45. The van der Waals surface area contributed by atoms with E-state index in [0.717, 1.165) is 25.3 Å². The summed E-state index contributed by atoms with van der Waals surface area (Å²) >= 11 is 7.13. The first kappa shape index (κ1) is 19.3. The molecule has 1 aliphatic rings. The summed E-state index contributed by atoms with van der Waals surface area (Å²) < 4.78 is 5.05. The van der Waals surface area contributed by atoms with Crippen molar-refractivity contribution >= 4 is 46.2 Å². The van der Waals surface area contributed by atoms with E-state index in [1.165, 1.54) is 33.9 Å². The quantitative estimate of drug-likeness (QED) is 0.453. The third-order valence-corrected chi connectivity index (χ3v) is 5.75. The molecule has 0 saturated heterocycles. The second kappa shape index (κ2) is 8.06. The topological polar surface area (TPSA) is 98.5 Å². The summed E-state index contributed by atoms with van der Waals surface area (Å²) in [6.07, 6.45) is 3.00. The molecule has 3 rings (SSSR count). The zero-order valence-corrected chi connectivity index (χ0v) is 16.1. The van der Waals surface area contributed by atoms with Gasteiger partial charge in [0.2, 0.25) is 0 Å². The Balaban J connectivity index is 1.60. The van der Waals surface area contributed by atoms with Crippen LogP contribution in [0.1, 0.15) is 33.5 Å². The number of halogens is 1. The first-order chi connectivity index (χ1) is 12.8. The van der Waals surface area contributed by atoms with E-state index in [9.17, 15) is 19.7 Å². The number of benzene rings is 1. The molecule has 1 aliphatic carbocycles. The molecule has 7 nitrogen and oxygen atoms in total. The number of hydrogen-bond acceptors (Lipinski definition) is 6. The van der Waals surface area contributed by atoms with Crippen molar-refractivity contribution in [1.29, 1.82) is 0 Å². The van der Waals surface area contributed by atoms with Crippen molar-refractivity contribution in [3.05, 3.63) is 54.7 Å². The number of aryl methyl sites for hydroxylation is 1. The summed E-state index contributed by atoms with van der Waals surface area (Å²) in [4.78, 5) is 36.3.